The lowest BCUT2D eigenvalue weighted by Crippen LogP contribution is -2.17. The van der Waals surface area contributed by atoms with E-state index >= 15 is 0 Å². The lowest BCUT2D eigenvalue weighted by Gasteiger charge is -2.32. The minimum absolute atomic E-state index is 0.165. The number of benzene rings is 8. The molecule has 0 unspecified atom stereocenters. The van der Waals surface area contributed by atoms with Crippen molar-refractivity contribution in [2.75, 3.05) is 4.90 Å². The number of hydrogen-bond acceptors (Lipinski definition) is 1. The first-order valence-corrected chi connectivity index (χ1v) is 16.8. The lowest BCUT2D eigenvalue weighted by molar-refractivity contribution is 0.660. The molecule has 0 atom stereocenters. The van der Waals surface area contributed by atoms with Gasteiger partial charge in [-0.05, 0) is 85.4 Å². The van der Waals surface area contributed by atoms with Crippen LogP contribution in [0.3, 0.4) is 0 Å². The van der Waals surface area contributed by atoms with Crippen LogP contribution < -0.4 is 4.90 Å². The van der Waals surface area contributed by atoms with E-state index in [0.29, 0.717) is 0 Å². The molecule has 0 saturated heterocycles. The Morgan fingerprint density at radius 1 is 0.375 bits per heavy atom. The van der Waals surface area contributed by atoms with Crippen LogP contribution in [0.5, 0.6) is 0 Å². The van der Waals surface area contributed by atoms with Crippen molar-refractivity contribution < 1.29 is 0 Å². The maximum Gasteiger partial charge on any atom is 0.0624 e. The summed E-state index contributed by atoms with van der Waals surface area (Å²) in [7, 11) is 0. The first-order chi connectivity index (χ1) is 23.6. The summed E-state index contributed by atoms with van der Waals surface area (Å²) in [6.45, 7) is 4.76. The van der Waals surface area contributed by atoms with Crippen molar-refractivity contribution in [3.8, 4) is 33.4 Å². The van der Waals surface area contributed by atoms with E-state index in [-0.39, 0.29) is 5.41 Å². The molecule has 8 aromatic carbocycles. The Bertz CT molecular complexity index is 2460. The average Bonchev–Trinajstić information content (AvgIpc) is 3.38. The Hall–Kier alpha value is -5.92. The highest BCUT2D eigenvalue weighted by molar-refractivity contribution is 6.22. The van der Waals surface area contributed by atoms with Gasteiger partial charge in [0.15, 0.2) is 0 Å². The number of rotatable bonds is 5. The first-order valence-electron chi connectivity index (χ1n) is 16.8. The molecule has 48 heavy (non-hydrogen) atoms. The fourth-order valence-electron chi connectivity index (χ4n) is 7.91. The third-order valence-electron chi connectivity index (χ3n) is 10.2. The minimum Gasteiger partial charge on any atom is -0.309 e. The topological polar surface area (TPSA) is 3.24 Å². The zero-order valence-electron chi connectivity index (χ0n) is 27.2. The maximum absolute atomic E-state index is 2.49. The Morgan fingerprint density at radius 2 is 0.875 bits per heavy atom. The Labute approximate surface area is 282 Å². The van der Waals surface area contributed by atoms with Crippen molar-refractivity contribution in [2.24, 2.45) is 0 Å². The zero-order chi connectivity index (χ0) is 32.2. The monoisotopic (exact) mass is 613 g/mol. The molecule has 228 valence electrons. The van der Waals surface area contributed by atoms with Crippen molar-refractivity contribution >= 4 is 38.6 Å². The van der Waals surface area contributed by atoms with Gasteiger partial charge in [0.05, 0.1) is 5.69 Å². The number of hydrogen-bond donors (Lipinski definition) is 0. The number of anilines is 3. The molecule has 0 spiro atoms. The predicted octanol–water partition coefficient (Wildman–Crippen LogP) is 13.1. The third kappa shape index (κ3) is 4.39. The second kappa shape index (κ2) is 11.1. The molecule has 0 amide bonds. The van der Waals surface area contributed by atoms with Crippen molar-refractivity contribution in [1.82, 2.24) is 0 Å². The molecule has 1 aliphatic rings. The normalized spacial score (nSPS) is 13.0. The van der Waals surface area contributed by atoms with Crippen LogP contribution in [0, 0.1) is 0 Å². The predicted molar refractivity (Wildman–Crippen MR) is 205 cm³/mol. The molecule has 0 heterocycles. The molecule has 1 nitrogen and oxygen atoms in total. The van der Waals surface area contributed by atoms with E-state index in [2.05, 4.69) is 195 Å². The lowest BCUT2D eigenvalue weighted by atomic mass is 9.81. The van der Waals surface area contributed by atoms with Gasteiger partial charge >= 0.3 is 0 Å². The van der Waals surface area contributed by atoms with E-state index < -0.39 is 0 Å². The van der Waals surface area contributed by atoms with Crippen molar-refractivity contribution in [3.05, 3.63) is 187 Å². The highest BCUT2D eigenvalue weighted by Gasteiger charge is 2.36. The molecule has 1 aliphatic carbocycles. The molecular formula is C47H35N. The van der Waals surface area contributed by atoms with Crippen molar-refractivity contribution in [2.45, 2.75) is 19.3 Å². The molecular weight excluding hydrogens is 579 g/mol. The highest BCUT2D eigenvalue weighted by Crippen LogP contribution is 2.53. The molecule has 1 heteroatoms. The highest BCUT2D eigenvalue weighted by atomic mass is 15.1. The van der Waals surface area contributed by atoms with Gasteiger partial charge in [0, 0.05) is 27.7 Å². The first kappa shape index (κ1) is 28.3. The Kier molecular flexibility index (Phi) is 6.55. The molecule has 9 rings (SSSR count). The molecule has 0 radical (unpaired) electrons. The van der Waals surface area contributed by atoms with Crippen LogP contribution in [-0.2, 0) is 5.41 Å². The summed E-state index contributed by atoms with van der Waals surface area (Å²) in [5.74, 6) is 0. The van der Waals surface area contributed by atoms with Crippen LogP contribution in [0.1, 0.15) is 25.0 Å². The van der Waals surface area contributed by atoms with Gasteiger partial charge in [-0.3, -0.25) is 0 Å². The standard InChI is InChI=1S/C47H35N/c1-47(2)43-30-34(32-16-6-3-7-17-32)26-28-39(43)40-29-27-36(31-44(40)47)48(35-20-10-5-11-21-35)46-42-25-15-13-23-38(42)37-22-12-14-24-41(37)45(46)33-18-8-4-9-19-33/h3-31H,1-2H3. The van der Waals surface area contributed by atoms with E-state index in [9.17, 15) is 0 Å². The number of para-hydroxylation sites is 1. The molecule has 0 N–H and O–H groups in total. The van der Waals surface area contributed by atoms with E-state index in [0.717, 1.165) is 11.4 Å². The second-order valence-corrected chi connectivity index (χ2v) is 13.3. The fraction of sp³-hybridized carbons (Fsp3) is 0.0638. The van der Waals surface area contributed by atoms with Crippen molar-refractivity contribution in [1.29, 1.82) is 0 Å². The van der Waals surface area contributed by atoms with E-state index in [1.807, 2.05) is 0 Å². The summed E-state index contributed by atoms with van der Waals surface area (Å²) >= 11 is 0. The van der Waals surface area contributed by atoms with E-state index in [1.54, 1.807) is 0 Å². The molecule has 0 saturated carbocycles. The third-order valence-corrected chi connectivity index (χ3v) is 10.2. The molecule has 0 aromatic heterocycles. The van der Waals surface area contributed by atoms with Crippen LogP contribution in [0.2, 0.25) is 0 Å². The Morgan fingerprint density at radius 3 is 1.54 bits per heavy atom. The average molecular weight is 614 g/mol. The minimum atomic E-state index is -0.165. The fourth-order valence-corrected chi connectivity index (χ4v) is 7.91. The summed E-state index contributed by atoms with van der Waals surface area (Å²) in [6.07, 6.45) is 0. The SMILES string of the molecule is CC1(C)c2cc(-c3ccccc3)ccc2-c2ccc(N(c3ccccc3)c3c(-c4ccccc4)c4ccccc4c4ccccc34)cc21. The summed E-state index contributed by atoms with van der Waals surface area (Å²) in [6, 6.07) is 64.3. The van der Waals surface area contributed by atoms with Gasteiger partial charge in [0.25, 0.3) is 0 Å². The molecule has 0 fully saturated rings. The van der Waals surface area contributed by atoms with Gasteiger partial charge in [-0.15, -0.1) is 0 Å². The van der Waals surface area contributed by atoms with Crippen LogP contribution in [0.25, 0.3) is 54.9 Å². The summed E-state index contributed by atoms with van der Waals surface area (Å²) in [5.41, 5.74) is 13.7. The summed E-state index contributed by atoms with van der Waals surface area (Å²) in [4.78, 5) is 2.49. The molecule has 0 bridgehead atoms. The number of fused-ring (bicyclic) bond motifs is 6. The number of nitrogens with zero attached hydrogens (tertiary/aromatic N) is 1. The van der Waals surface area contributed by atoms with Gasteiger partial charge < -0.3 is 4.90 Å². The van der Waals surface area contributed by atoms with Crippen molar-refractivity contribution in [3.63, 3.8) is 0 Å². The largest absolute Gasteiger partial charge is 0.309 e. The zero-order valence-corrected chi connectivity index (χ0v) is 27.2. The van der Waals surface area contributed by atoms with Crippen LogP contribution in [0.4, 0.5) is 17.1 Å². The van der Waals surface area contributed by atoms with Gasteiger partial charge in [-0.2, -0.15) is 0 Å². The Balaban J connectivity index is 1.32. The second-order valence-electron chi connectivity index (χ2n) is 13.3. The summed E-state index contributed by atoms with van der Waals surface area (Å²) in [5, 5.41) is 5.00. The molecule has 8 aromatic rings. The van der Waals surface area contributed by atoms with Gasteiger partial charge in [-0.1, -0.05) is 159 Å². The van der Waals surface area contributed by atoms with Gasteiger partial charge in [0.2, 0.25) is 0 Å². The van der Waals surface area contributed by atoms with Gasteiger partial charge in [-0.25, -0.2) is 0 Å². The van der Waals surface area contributed by atoms with Crippen LogP contribution in [-0.4, -0.2) is 0 Å². The quantitative estimate of drug-likeness (QED) is 0.175. The van der Waals surface area contributed by atoms with E-state index in [1.165, 1.54) is 71.7 Å². The maximum atomic E-state index is 2.49. The van der Waals surface area contributed by atoms with Crippen LogP contribution in [0.15, 0.2) is 176 Å². The van der Waals surface area contributed by atoms with Crippen LogP contribution >= 0.6 is 0 Å². The smallest absolute Gasteiger partial charge is 0.0624 e. The molecule has 0 aliphatic heterocycles. The van der Waals surface area contributed by atoms with E-state index in [4.69, 9.17) is 0 Å². The van der Waals surface area contributed by atoms with Gasteiger partial charge in [0.1, 0.15) is 0 Å². The summed E-state index contributed by atoms with van der Waals surface area (Å²) < 4.78 is 0.